The van der Waals surface area contributed by atoms with Crippen molar-refractivity contribution in [1.29, 1.82) is 0 Å². The monoisotopic (exact) mass is 278 g/mol. The molecule has 0 aromatic rings. The van der Waals surface area contributed by atoms with E-state index in [9.17, 15) is 0 Å². The van der Waals surface area contributed by atoms with Crippen LogP contribution in [0.2, 0.25) is 6.55 Å². The van der Waals surface area contributed by atoms with Crippen LogP contribution in [0.3, 0.4) is 0 Å². The summed E-state index contributed by atoms with van der Waals surface area (Å²) in [4.78, 5) is 0. The van der Waals surface area contributed by atoms with Gasteiger partial charge < -0.3 is 25.8 Å². The van der Waals surface area contributed by atoms with Gasteiger partial charge in [0.05, 0.1) is 0 Å². The number of hydrogen-bond donors (Lipinski definition) is 0. The van der Waals surface area contributed by atoms with Crippen LogP contribution >= 0.6 is 0 Å². The summed E-state index contributed by atoms with van der Waals surface area (Å²) >= 11 is 0. The van der Waals surface area contributed by atoms with Crippen LogP contribution in [0.25, 0.3) is 0 Å². The van der Waals surface area contributed by atoms with Gasteiger partial charge in [0.15, 0.2) is 8.56 Å². The van der Waals surface area contributed by atoms with Crippen molar-refractivity contribution in [3.05, 3.63) is 6.55 Å². The van der Waals surface area contributed by atoms with E-state index in [1.54, 1.807) is 0 Å². The van der Waals surface area contributed by atoms with Crippen LogP contribution in [-0.4, -0.2) is 44.8 Å². The zero-order valence-electron chi connectivity index (χ0n) is 8.94. The molecule has 0 unspecified atom stereocenters. The Morgan fingerprint density at radius 2 is 1.38 bits per heavy atom. The van der Waals surface area contributed by atoms with E-state index in [1.165, 1.54) is 0 Å². The fourth-order valence-corrected chi connectivity index (χ4v) is 2.03. The molecule has 5 heteroatoms. The summed E-state index contributed by atoms with van der Waals surface area (Å²) in [6, 6.07) is 0. The maximum atomic E-state index is 5.49. The van der Waals surface area contributed by atoms with E-state index in [1.807, 2.05) is 6.55 Å². The van der Waals surface area contributed by atoms with Gasteiger partial charge >= 0.3 is 23.1 Å². The summed E-state index contributed by atoms with van der Waals surface area (Å²) in [7, 11) is -2.00. The molecule has 0 saturated heterocycles. The molecule has 0 atom stereocenters. The van der Waals surface area contributed by atoms with Gasteiger partial charge in [0.25, 0.3) is 0 Å². The first kappa shape index (κ1) is 19.9. The maximum absolute atomic E-state index is 5.49. The largest absolute Gasteiger partial charge is 2.00 e. The Hall–Kier alpha value is 1.38. The standard InChI is InChI=1S/C8H19O2Si.BrH.Mg/c1-5-7-9-11(3,4)10-8-6-2;;/h3,5-8H2,1-2,4H3;1H;/q-1;;+2/p-1. The Morgan fingerprint density at radius 1 is 1.08 bits per heavy atom. The number of hydrogen-bond acceptors (Lipinski definition) is 2. The summed E-state index contributed by atoms with van der Waals surface area (Å²) in [6.45, 7) is 11.6. The molecule has 0 saturated carbocycles. The van der Waals surface area contributed by atoms with Gasteiger partial charge in [-0.15, -0.1) is 0 Å². The molecule has 0 aliphatic carbocycles. The van der Waals surface area contributed by atoms with Gasteiger partial charge in [0.2, 0.25) is 0 Å². The smallest absolute Gasteiger partial charge is 1.00 e. The number of halogens is 1. The molecule has 0 radical (unpaired) electrons. The minimum atomic E-state index is -2.00. The van der Waals surface area contributed by atoms with E-state index in [2.05, 4.69) is 20.4 Å². The predicted octanol–water partition coefficient (Wildman–Crippen LogP) is -1.09. The normalized spacial score (nSPS) is 10.2. The molecule has 0 heterocycles. The third-order valence-electron chi connectivity index (χ3n) is 1.22. The van der Waals surface area contributed by atoms with Gasteiger partial charge in [-0.3, -0.25) is 6.55 Å². The Balaban J connectivity index is -0.000000500. The molecule has 0 aromatic carbocycles. The van der Waals surface area contributed by atoms with Gasteiger partial charge in [0, 0.05) is 13.2 Å². The van der Waals surface area contributed by atoms with Crippen LogP contribution in [0.4, 0.5) is 0 Å². The summed E-state index contributed by atoms with van der Waals surface area (Å²) in [5.41, 5.74) is 0. The van der Waals surface area contributed by atoms with Crippen LogP contribution in [0.1, 0.15) is 26.7 Å². The molecule has 13 heavy (non-hydrogen) atoms. The van der Waals surface area contributed by atoms with Crippen LogP contribution in [0.5, 0.6) is 0 Å². The third kappa shape index (κ3) is 13.4. The molecule has 0 bridgehead atoms. The van der Waals surface area contributed by atoms with E-state index in [0.29, 0.717) is 0 Å². The van der Waals surface area contributed by atoms with Crippen LogP contribution in [0, 0.1) is 6.55 Å². The Kier molecular flexibility index (Phi) is 17.5. The van der Waals surface area contributed by atoms with Crippen molar-refractivity contribution in [2.24, 2.45) is 0 Å². The molecule has 2 nitrogen and oxygen atoms in total. The second kappa shape index (κ2) is 11.5. The molecule has 0 fully saturated rings. The molecule has 0 aliphatic rings. The minimum Gasteiger partial charge on any atom is -1.00 e. The zero-order chi connectivity index (χ0) is 8.74. The maximum Gasteiger partial charge on any atom is 2.00 e. The van der Waals surface area contributed by atoms with Crippen molar-refractivity contribution in [1.82, 2.24) is 0 Å². The fourth-order valence-electron chi connectivity index (χ4n) is 0.678. The Labute approximate surface area is 110 Å². The topological polar surface area (TPSA) is 18.5 Å². The second-order valence-corrected chi connectivity index (χ2v) is 5.68. The Morgan fingerprint density at radius 3 is 1.62 bits per heavy atom. The predicted molar refractivity (Wildman–Crippen MR) is 55.2 cm³/mol. The summed E-state index contributed by atoms with van der Waals surface area (Å²) in [5.74, 6) is 0. The van der Waals surface area contributed by atoms with Crippen molar-refractivity contribution in [3.8, 4) is 0 Å². The quantitative estimate of drug-likeness (QED) is 0.454. The van der Waals surface area contributed by atoms with Crippen LogP contribution in [-0.2, 0) is 8.85 Å². The fraction of sp³-hybridized carbons (Fsp3) is 0.875. The van der Waals surface area contributed by atoms with Crippen molar-refractivity contribution in [2.75, 3.05) is 13.2 Å². The van der Waals surface area contributed by atoms with E-state index >= 15 is 0 Å². The van der Waals surface area contributed by atoms with Gasteiger partial charge in [0.1, 0.15) is 0 Å². The van der Waals surface area contributed by atoms with Gasteiger partial charge in [-0.05, 0) is 19.4 Å². The minimum absolute atomic E-state index is 0. The SMILES string of the molecule is [Br-].[CH2-][Si](C)(OCCC)OCCC.[Mg+2]. The third-order valence-corrected chi connectivity index (χ3v) is 2.85. The molecule has 0 N–H and O–H groups in total. The van der Waals surface area contributed by atoms with E-state index < -0.39 is 8.56 Å². The van der Waals surface area contributed by atoms with Crippen molar-refractivity contribution < 1.29 is 25.8 Å². The average molecular weight is 280 g/mol. The zero-order valence-corrected chi connectivity index (χ0v) is 12.9. The first-order chi connectivity index (χ1) is 5.12. The average Bonchev–Trinajstić information content (AvgIpc) is 1.97. The molecule has 0 amide bonds. The summed E-state index contributed by atoms with van der Waals surface area (Å²) in [5, 5.41) is 0. The molecule has 0 rings (SSSR count). The molecular formula is C8H19BrMgO2Si. The molecular weight excluding hydrogens is 260 g/mol. The number of rotatable bonds is 6. The van der Waals surface area contributed by atoms with E-state index in [4.69, 9.17) is 8.85 Å². The first-order valence-electron chi connectivity index (χ1n) is 4.25. The summed E-state index contributed by atoms with van der Waals surface area (Å²) in [6.07, 6.45) is 2.07. The molecule has 0 aliphatic heterocycles. The van der Waals surface area contributed by atoms with E-state index in [0.717, 1.165) is 26.1 Å². The van der Waals surface area contributed by atoms with E-state index in [-0.39, 0.29) is 40.0 Å². The van der Waals surface area contributed by atoms with Crippen LogP contribution < -0.4 is 17.0 Å². The molecule has 0 aromatic heterocycles. The van der Waals surface area contributed by atoms with Crippen molar-refractivity contribution >= 4 is 31.6 Å². The van der Waals surface area contributed by atoms with Gasteiger partial charge in [-0.25, -0.2) is 0 Å². The van der Waals surface area contributed by atoms with Gasteiger partial charge in [-0.2, -0.15) is 0 Å². The first-order valence-corrected chi connectivity index (χ1v) is 6.78. The summed E-state index contributed by atoms with van der Waals surface area (Å²) < 4.78 is 11.0. The molecule has 76 valence electrons. The van der Waals surface area contributed by atoms with Crippen LogP contribution in [0.15, 0.2) is 0 Å². The molecule has 0 spiro atoms. The Bertz CT molecular complexity index is 94.1. The van der Waals surface area contributed by atoms with Crippen molar-refractivity contribution in [2.45, 2.75) is 33.2 Å². The second-order valence-electron chi connectivity index (χ2n) is 2.83. The van der Waals surface area contributed by atoms with Crippen molar-refractivity contribution in [3.63, 3.8) is 0 Å². The van der Waals surface area contributed by atoms with Gasteiger partial charge in [-0.1, -0.05) is 13.8 Å².